The summed E-state index contributed by atoms with van der Waals surface area (Å²) >= 11 is 0. The molecule has 2 bridgehead atoms. The lowest BCUT2D eigenvalue weighted by Gasteiger charge is -2.44. The monoisotopic (exact) mass is 426 g/mol. The summed E-state index contributed by atoms with van der Waals surface area (Å²) in [7, 11) is -3.60. The fourth-order valence-electron chi connectivity index (χ4n) is 5.31. The highest BCUT2D eigenvalue weighted by atomic mass is 32.2. The number of sulfone groups is 1. The van der Waals surface area contributed by atoms with Crippen molar-refractivity contribution in [1.82, 2.24) is 0 Å². The summed E-state index contributed by atoms with van der Waals surface area (Å²) in [6, 6.07) is 27.6. The third kappa shape index (κ3) is 2.75. The lowest BCUT2D eigenvalue weighted by molar-refractivity contribution is 0.159. The third-order valence-corrected chi connectivity index (χ3v) is 8.97. The Labute approximate surface area is 182 Å². The molecule has 31 heavy (non-hydrogen) atoms. The maximum absolute atomic E-state index is 13.9. The number of para-hydroxylation sites is 1. The number of hydrogen-bond donors (Lipinski definition) is 0. The van der Waals surface area contributed by atoms with Gasteiger partial charge in [0.1, 0.15) is 17.1 Å². The molecule has 0 aromatic heterocycles. The van der Waals surface area contributed by atoms with Crippen LogP contribution < -0.4 is 4.74 Å². The SMILES string of the molecule is Cc1ccc(S(=O)(=O)[C@@H]2[C@@H]3c4ccccc4O[C@H]2Cc2c3ccc3ccccc23)cc1. The van der Waals surface area contributed by atoms with E-state index in [0.29, 0.717) is 11.3 Å². The number of rotatable bonds is 2. The van der Waals surface area contributed by atoms with E-state index in [1.54, 1.807) is 12.1 Å². The molecule has 4 aromatic rings. The van der Waals surface area contributed by atoms with Gasteiger partial charge in [0.05, 0.1) is 4.90 Å². The molecule has 1 aliphatic heterocycles. The first-order chi connectivity index (χ1) is 15.0. The quantitative estimate of drug-likeness (QED) is 0.429. The number of hydrogen-bond acceptors (Lipinski definition) is 3. The van der Waals surface area contributed by atoms with Crippen molar-refractivity contribution in [3.05, 3.63) is 107 Å². The summed E-state index contributed by atoms with van der Waals surface area (Å²) in [6.45, 7) is 1.96. The number of aryl methyl sites for hydroxylation is 1. The maximum atomic E-state index is 13.9. The van der Waals surface area contributed by atoms with Crippen molar-refractivity contribution >= 4 is 20.6 Å². The lowest BCUT2D eigenvalue weighted by atomic mass is 9.74. The van der Waals surface area contributed by atoms with E-state index in [1.165, 1.54) is 16.3 Å². The first-order valence-electron chi connectivity index (χ1n) is 10.6. The Hall–Kier alpha value is -3.11. The van der Waals surface area contributed by atoms with Crippen LogP contribution in [-0.2, 0) is 16.3 Å². The predicted molar refractivity (Wildman–Crippen MR) is 123 cm³/mol. The largest absolute Gasteiger partial charge is 0.488 e. The normalized spacial score (nSPS) is 21.8. The molecule has 0 saturated heterocycles. The highest BCUT2D eigenvalue weighted by Gasteiger charge is 2.51. The molecule has 4 aromatic carbocycles. The molecule has 0 unspecified atom stereocenters. The zero-order chi connectivity index (χ0) is 21.2. The average molecular weight is 427 g/mol. The Morgan fingerprint density at radius 2 is 1.55 bits per heavy atom. The number of benzene rings is 4. The first-order valence-corrected chi connectivity index (χ1v) is 12.2. The van der Waals surface area contributed by atoms with Gasteiger partial charge in [0.25, 0.3) is 0 Å². The molecule has 0 radical (unpaired) electrons. The molecule has 154 valence electrons. The molecular weight excluding hydrogens is 404 g/mol. The standard InChI is InChI=1S/C27H22O3S/c1-17-10-13-19(14-11-17)31(28,29)27-25-16-23-20-7-3-2-6-18(20)12-15-21(23)26(27)22-8-4-5-9-24(22)30-25/h2-15,25-27H,16H2,1H3/t25-,26-,27-/m0/s1. The Morgan fingerprint density at radius 3 is 2.39 bits per heavy atom. The van der Waals surface area contributed by atoms with Crippen LogP contribution in [0.4, 0.5) is 0 Å². The van der Waals surface area contributed by atoms with Crippen LogP contribution in [0.1, 0.15) is 28.2 Å². The zero-order valence-corrected chi connectivity index (χ0v) is 18.0. The summed E-state index contributed by atoms with van der Waals surface area (Å²) < 4.78 is 34.2. The molecule has 0 N–H and O–H groups in total. The van der Waals surface area contributed by atoms with Gasteiger partial charge < -0.3 is 4.74 Å². The fraction of sp³-hybridized carbons (Fsp3) is 0.185. The molecule has 3 atom stereocenters. The minimum absolute atomic E-state index is 0.255. The number of fused-ring (bicyclic) bond motifs is 8. The van der Waals surface area contributed by atoms with Crippen molar-refractivity contribution < 1.29 is 13.2 Å². The molecule has 3 nitrogen and oxygen atoms in total. The van der Waals surface area contributed by atoms with Crippen molar-refractivity contribution in [1.29, 1.82) is 0 Å². The van der Waals surface area contributed by atoms with Gasteiger partial charge in [-0.2, -0.15) is 0 Å². The van der Waals surface area contributed by atoms with Crippen LogP contribution in [0, 0.1) is 6.92 Å². The minimum atomic E-state index is -3.60. The van der Waals surface area contributed by atoms with Crippen LogP contribution in [0.2, 0.25) is 0 Å². The Balaban J connectivity index is 1.61. The highest BCUT2D eigenvalue weighted by Crippen LogP contribution is 2.50. The van der Waals surface area contributed by atoms with Gasteiger partial charge in [0, 0.05) is 17.9 Å². The van der Waals surface area contributed by atoms with Crippen LogP contribution in [0.3, 0.4) is 0 Å². The van der Waals surface area contributed by atoms with Crippen molar-refractivity contribution in [3.63, 3.8) is 0 Å². The van der Waals surface area contributed by atoms with E-state index in [-0.39, 0.29) is 5.92 Å². The zero-order valence-electron chi connectivity index (χ0n) is 17.2. The molecule has 0 amide bonds. The van der Waals surface area contributed by atoms with Gasteiger partial charge in [-0.15, -0.1) is 0 Å². The Morgan fingerprint density at radius 1 is 0.806 bits per heavy atom. The molecule has 1 heterocycles. The summed E-state index contributed by atoms with van der Waals surface area (Å²) in [6.07, 6.45) is 0.154. The maximum Gasteiger partial charge on any atom is 0.185 e. The predicted octanol–water partition coefficient (Wildman–Crippen LogP) is 5.44. The van der Waals surface area contributed by atoms with E-state index >= 15 is 0 Å². The molecule has 0 fully saturated rings. The molecular formula is C27H22O3S. The fourth-order valence-corrected chi connectivity index (χ4v) is 7.34. The van der Waals surface area contributed by atoms with Crippen molar-refractivity contribution in [2.45, 2.75) is 35.5 Å². The van der Waals surface area contributed by atoms with Crippen LogP contribution in [0.25, 0.3) is 10.8 Å². The summed E-state index contributed by atoms with van der Waals surface area (Å²) in [5, 5.41) is 1.70. The van der Waals surface area contributed by atoms with E-state index in [1.807, 2.05) is 55.5 Å². The molecule has 6 rings (SSSR count). The number of ether oxygens (including phenoxy) is 1. The topological polar surface area (TPSA) is 43.4 Å². The van der Waals surface area contributed by atoms with Crippen molar-refractivity contribution in [3.8, 4) is 5.75 Å². The van der Waals surface area contributed by atoms with Gasteiger partial charge in [-0.1, -0.05) is 72.3 Å². The van der Waals surface area contributed by atoms with Crippen LogP contribution >= 0.6 is 0 Å². The lowest BCUT2D eigenvalue weighted by Crippen LogP contribution is -2.50. The van der Waals surface area contributed by atoms with Gasteiger partial charge in [-0.25, -0.2) is 8.42 Å². The van der Waals surface area contributed by atoms with Crippen LogP contribution in [-0.4, -0.2) is 19.8 Å². The van der Waals surface area contributed by atoms with E-state index in [0.717, 1.165) is 22.4 Å². The molecule has 1 aliphatic carbocycles. The molecule has 4 heteroatoms. The Kier molecular flexibility index (Phi) is 4.03. The highest BCUT2D eigenvalue weighted by molar-refractivity contribution is 7.92. The van der Waals surface area contributed by atoms with Gasteiger partial charge >= 0.3 is 0 Å². The van der Waals surface area contributed by atoms with E-state index in [9.17, 15) is 8.42 Å². The average Bonchev–Trinajstić information content (AvgIpc) is 2.78. The summed E-state index contributed by atoms with van der Waals surface area (Å²) in [5.74, 6) is 0.543. The second-order valence-electron chi connectivity index (χ2n) is 8.55. The van der Waals surface area contributed by atoms with Crippen molar-refractivity contribution in [2.24, 2.45) is 0 Å². The summed E-state index contributed by atoms with van der Waals surface area (Å²) in [4.78, 5) is 0.366. The molecule has 0 spiro atoms. The second kappa shape index (κ2) is 6.69. The van der Waals surface area contributed by atoms with Crippen LogP contribution in [0.5, 0.6) is 5.75 Å². The van der Waals surface area contributed by atoms with E-state index in [4.69, 9.17) is 4.74 Å². The van der Waals surface area contributed by atoms with E-state index in [2.05, 4.69) is 24.3 Å². The molecule has 0 saturated carbocycles. The second-order valence-corrected chi connectivity index (χ2v) is 10.7. The van der Waals surface area contributed by atoms with Crippen LogP contribution in [0.15, 0.2) is 89.8 Å². The molecule has 2 aliphatic rings. The van der Waals surface area contributed by atoms with Gasteiger partial charge in [-0.3, -0.25) is 0 Å². The summed E-state index contributed by atoms with van der Waals surface area (Å²) in [5.41, 5.74) is 4.31. The van der Waals surface area contributed by atoms with Gasteiger partial charge in [-0.05, 0) is 47.0 Å². The first kappa shape index (κ1) is 18.6. The van der Waals surface area contributed by atoms with Crippen molar-refractivity contribution in [2.75, 3.05) is 0 Å². The third-order valence-electron chi connectivity index (χ3n) is 6.75. The van der Waals surface area contributed by atoms with Gasteiger partial charge in [0.15, 0.2) is 9.84 Å². The smallest absolute Gasteiger partial charge is 0.185 e. The Bertz CT molecular complexity index is 1420. The van der Waals surface area contributed by atoms with Gasteiger partial charge in [0.2, 0.25) is 0 Å². The minimum Gasteiger partial charge on any atom is -0.488 e. The van der Waals surface area contributed by atoms with E-state index < -0.39 is 21.2 Å².